The van der Waals surface area contributed by atoms with Crippen molar-refractivity contribution in [2.24, 2.45) is 5.92 Å². The summed E-state index contributed by atoms with van der Waals surface area (Å²) in [6, 6.07) is 7.49. The van der Waals surface area contributed by atoms with Crippen LogP contribution in [-0.2, 0) is 29.0 Å². The summed E-state index contributed by atoms with van der Waals surface area (Å²) in [6.45, 7) is 2.42. The molecule has 2 aromatic rings. The van der Waals surface area contributed by atoms with Gasteiger partial charge in [0.05, 0.1) is 11.6 Å². The first-order chi connectivity index (χ1) is 15.0. The predicted octanol–water partition coefficient (Wildman–Crippen LogP) is 2.33. The van der Waals surface area contributed by atoms with Gasteiger partial charge in [-0.25, -0.2) is 4.39 Å². The lowest BCUT2D eigenvalue weighted by atomic mass is 9.99. The number of amides is 2. The Morgan fingerprint density at radius 3 is 2.84 bits per heavy atom. The molecule has 2 amide bonds. The molecule has 1 saturated heterocycles. The number of aromatic nitrogens is 1. The number of hydrogen-bond acceptors (Lipinski definition) is 5. The average molecular weight is 422 g/mol. The van der Waals surface area contributed by atoms with E-state index in [1.54, 1.807) is 11.1 Å². The summed E-state index contributed by atoms with van der Waals surface area (Å²) < 4.78 is 19.0. The van der Waals surface area contributed by atoms with Crippen LogP contribution in [0.4, 0.5) is 4.39 Å². The topological polar surface area (TPSA) is 95.3 Å². The molecule has 1 fully saturated rings. The molecule has 2 aliphatic heterocycles. The van der Waals surface area contributed by atoms with Crippen molar-refractivity contribution in [1.29, 1.82) is 5.26 Å². The van der Waals surface area contributed by atoms with Crippen LogP contribution in [0.5, 0.6) is 0 Å². The number of nitrogens with zero attached hydrogens (tertiary/aromatic N) is 3. The van der Waals surface area contributed by atoms with Crippen molar-refractivity contribution in [1.82, 2.24) is 15.2 Å². The lowest BCUT2D eigenvalue weighted by Crippen LogP contribution is -2.37. The van der Waals surface area contributed by atoms with Crippen LogP contribution in [0.15, 0.2) is 30.5 Å². The van der Waals surface area contributed by atoms with Gasteiger partial charge in [0.15, 0.2) is 0 Å². The molecule has 1 aromatic carbocycles. The smallest absolute Gasteiger partial charge is 0.254 e. The van der Waals surface area contributed by atoms with E-state index in [0.717, 1.165) is 41.8 Å². The Morgan fingerprint density at radius 2 is 2.06 bits per heavy atom. The van der Waals surface area contributed by atoms with E-state index in [1.165, 1.54) is 6.07 Å². The van der Waals surface area contributed by atoms with E-state index in [-0.39, 0.29) is 28.9 Å². The molecular formula is C23H23FN4O3. The van der Waals surface area contributed by atoms with Gasteiger partial charge in [-0.05, 0) is 48.2 Å². The summed E-state index contributed by atoms with van der Waals surface area (Å²) in [5, 5.41) is 12.0. The van der Waals surface area contributed by atoms with Crippen molar-refractivity contribution in [3.05, 3.63) is 64.2 Å². The molecule has 7 nitrogen and oxygen atoms in total. The third-order valence-corrected chi connectivity index (χ3v) is 5.72. The maximum Gasteiger partial charge on any atom is 0.254 e. The molecule has 1 aromatic heterocycles. The van der Waals surface area contributed by atoms with Crippen molar-refractivity contribution in [3.8, 4) is 6.07 Å². The number of ether oxygens (including phenoxy) is 1. The van der Waals surface area contributed by atoms with E-state index in [4.69, 9.17) is 10.00 Å². The lowest BCUT2D eigenvalue weighted by Gasteiger charge is -2.29. The van der Waals surface area contributed by atoms with Crippen LogP contribution in [0.25, 0.3) is 0 Å². The monoisotopic (exact) mass is 422 g/mol. The molecule has 4 rings (SSSR count). The number of carbonyl (C=O) groups excluding carboxylic acids is 2. The van der Waals surface area contributed by atoms with Gasteiger partial charge in [-0.1, -0.05) is 0 Å². The molecule has 0 atom stereocenters. The van der Waals surface area contributed by atoms with Gasteiger partial charge in [-0.3, -0.25) is 14.6 Å². The summed E-state index contributed by atoms with van der Waals surface area (Å²) in [7, 11) is 0. The molecule has 0 bridgehead atoms. The number of rotatable bonds is 4. The lowest BCUT2D eigenvalue weighted by molar-refractivity contribution is -0.128. The second-order valence-electron chi connectivity index (χ2n) is 7.87. The minimum atomic E-state index is -0.607. The van der Waals surface area contributed by atoms with Crippen LogP contribution < -0.4 is 5.32 Å². The molecule has 0 spiro atoms. The largest absolute Gasteiger partial charge is 0.381 e. The summed E-state index contributed by atoms with van der Waals surface area (Å²) in [4.78, 5) is 31.3. The van der Waals surface area contributed by atoms with Crippen LogP contribution in [0.2, 0.25) is 0 Å². The highest BCUT2D eigenvalue weighted by Gasteiger charge is 2.24. The van der Waals surface area contributed by atoms with E-state index in [2.05, 4.69) is 10.3 Å². The molecule has 8 heteroatoms. The molecule has 31 heavy (non-hydrogen) atoms. The fraction of sp³-hybridized carbons (Fsp3) is 0.391. The van der Waals surface area contributed by atoms with Gasteiger partial charge in [-0.2, -0.15) is 5.26 Å². The minimum absolute atomic E-state index is 0.0166. The van der Waals surface area contributed by atoms with Gasteiger partial charge in [0, 0.05) is 62.6 Å². The van der Waals surface area contributed by atoms with Gasteiger partial charge in [0.25, 0.3) is 5.91 Å². The molecule has 0 saturated carbocycles. The average Bonchev–Trinajstić information content (AvgIpc) is 2.81. The number of nitrogens with one attached hydrogen (secondary N) is 1. The normalized spacial score (nSPS) is 16.3. The first-order valence-corrected chi connectivity index (χ1v) is 10.4. The van der Waals surface area contributed by atoms with E-state index in [0.29, 0.717) is 39.3 Å². The second-order valence-corrected chi connectivity index (χ2v) is 7.87. The maximum absolute atomic E-state index is 13.7. The molecule has 3 heterocycles. The van der Waals surface area contributed by atoms with Crippen molar-refractivity contribution in [2.45, 2.75) is 32.4 Å². The number of benzene rings is 1. The van der Waals surface area contributed by atoms with Gasteiger partial charge >= 0.3 is 0 Å². The molecule has 0 aliphatic carbocycles. The maximum atomic E-state index is 13.7. The van der Waals surface area contributed by atoms with E-state index < -0.39 is 5.82 Å². The van der Waals surface area contributed by atoms with E-state index >= 15 is 0 Å². The SMILES string of the molecule is N#Cc1cc(F)cc(C(=O)N2CCc3ncc(CNC(=O)C4CCOCC4)cc3C2)c1. The van der Waals surface area contributed by atoms with Crippen molar-refractivity contribution < 1.29 is 18.7 Å². The number of carbonyl (C=O) groups is 2. The summed E-state index contributed by atoms with van der Waals surface area (Å²) in [5.41, 5.74) is 2.97. The number of fused-ring (bicyclic) bond motifs is 1. The number of pyridine rings is 1. The zero-order valence-corrected chi connectivity index (χ0v) is 17.1. The third-order valence-electron chi connectivity index (χ3n) is 5.72. The highest BCUT2D eigenvalue weighted by molar-refractivity contribution is 5.94. The quantitative estimate of drug-likeness (QED) is 0.816. The number of halogens is 1. The summed E-state index contributed by atoms with van der Waals surface area (Å²) in [6.07, 6.45) is 3.82. The molecular weight excluding hydrogens is 399 g/mol. The van der Waals surface area contributed by atoms with Crippen LogP contribution in [0.3, 0.4) is 0 Å². The molecule has 160 valence electrons. The Balaban J connectivity index is 1.42. The first kappa shape index (κ1) is 20.9. The zero-order valence-electron chi connectivity index (χ0n) is 17.1. The highest BCUT2D eigenvalue weighted by atomic mass is 19.1. The van der Waals surface area contributed by atoms with Crippen molar-refractivity contribution in [3.63, 3.8) is 0 Å². The Kier molecular flexibility index (Phi) is 6.23. The molecule has 0 radical (unpaired) electrons. The Hall–Kier alpha value is -3.31. The van der Waals surface area contributed by atoms with Crippen molar-refractivity contribution in [2.75, 3.05) is 19.8 Å². The molecule has 0 unspecified atom stereocenters. The second kappa shape index (κ2) is 9.23. The van der Waals surface area contributed by atoms with Crippen LogP contribution in [-0.4, -0.2) is 41.5 Å². The number of hydrogen-bond donors (Lipinski definition) is 1. The van der Waals surface area contributed by atoms with Gasteiger partial charge in [0.2, 0.25) is 5.91 Å². The fourth-order valence-electron chi connectivity index (χ4n) is 4.00. The zero-order chi connectivity index (χ0) is 21.8. The van der Waals surface area contributed by atoms with Crippen LogP contribution >= 0.6 is 0 Å². The Morgan fingerprint density at radius 1 is 1.26 bits per heavy atom. The number of nitriles is 1. The minimum Gasteiger partial charge on any atom is -0.381 e. The van der Waals surface area contributed by atoms with Gasteiger partial charge in [-0.15, -0.1) is 0 Å². The van der Waals surface area contributed by atoms with E-state index in [9.17, 15) is 14.0 Å². The van der Waals surface area contributed by atoms with E-state index in [1.807, 2.05) is 12.1 Å². The van der Waals surface area contributed by atoms with Crippen molar-refractivity contribution >= 4 is 11.8 Å². The Labute approximate surface area is 179 Å². The summed E-state index contributed by atoms with van der Waals surface area (Å²) in [5.74, 6) is -0.918. The third kappa shape index (κ3) is 4.89. The first-order valence-electron chi connectivity index (χ1n) is 10.4. The Bertz CT molecular complexity index is 1040. The standard InChI is InChI=1S/C23H23FN4O3/c24-20-9-15(11-25)7-18(10-20)23(30)28-4-1-21-19(14-28)8-16(12-26-21)13-27-22(29)17-2-5-31-6-3-17/h7-10,12,17H,1-6,13-14H2,(H,27,29). The van der Waals surface area contributed by atoms with Gasteiger partial charge < -0.3 is 15.0 Å². The van der Waals surface area contributed by atoms with Crippen LogP contribution in [0.1, 0.15) is 45.6 Å². The van der Waals surface area contributed by atoms with Crippen LogP contribution in [0, 0.1) is 23.1 Å². The van der Waals surface area contributed by atoms with Gasteiger partial charge in [0.1, 0.15) is 5.82 Å². The molecule has 2 aliphatic rings. The molecule has 1 N–H and O–H groups in total. The highest BCUT2D eigenvalue weighted by Crippen LogP contribution is 2.21. The fourth-order valence-corrected chi connectivity index (χ4v) is 4.00. The predicted molar refractivity (Wildman–Crippen MR) is 109 cm³/mol. The summed E-state index contributed by atoms with van der Waals surface area (Å²) >= 11 is 0.